The van der Waals surface area contributed by atoms with Crippen LogP contribution in [0.15, 0.2) is 67.0 Å². The van der Waals surface area contributed by atoms with Crippen LogP contribution in [0.3, 0.4) is 0 Å². The minimum Gasteiger partial charge on any atom is -0.262 e. The molecule has 1 atom stereocenters. The molecule has 1 aromatic carbocycles. The SMILES string of the molecule is C.CC.CCC.CCC1CCCCC1.CCCC(CC)c1ccccc1.Cc1ccc(-c2ccnc(C)c2)cn1. The molecule has 0 spiro atoms. The number of hydrogen-bond acceptors (Lipinski definition) is 2. The maximum atomic E-state index is 4.26. The first-order valence-electron chi connectivity index (χ1n) is 15.9. The van der Waals surface area contributed by atoms with Crippen molar-refractivity contribution in [2.75, 3.05) is 0 Å². The van der Waals surface area contributed by atoms with E-state index in [0.717, 1.165) is 28.8 Å². The van der Waals surface area contributed by atoms with Gasteiger partial charge in [0.1, 0.15) is 0 Å². The first kappa shape index (κ1) is 39.7. The van der Waals surface area contributed by atoms with E-state index >= 15 is 0 Å². The van der Waals surface area contributed by atoms with Crippen LogP contribution in [-0.2, 0) is 0 Å². The van der Waals surface area contributed by atoms with E-state index in [1.54, 1.807) is 0 Å². The molecule has 2 aromatic heterocycles. The highest BCUT2D eigenvalue weighted by Gasteiger charge is 2.09. The summed E-state index contributed by atoms with van der Waals surface area (Å²) in [6, 6.07) is 19.0. The predicted octanol–water partition coefficient (Wildman–Crippen LogP) is 12.8. The molecule has 1 aliphatic rings. The second-order valence-electron chi connectivity index (χ2n) is 10.3. The van der Waals surface area contributed by atoms with Crippen LogP contribution < -0.4 is 0 Å². The molecule has 0 radical (unpaired) electrons. The Morgan fingerprint density at radius 2 is 1.38 bits per heavy atom. The number of rotatable bonds is 6. The van der Waals surface area contributed by atoms with E-state index in [-0.39, 0.29) is 7.43 Å². The molecule has 0 bridgehead atoms. The van der Waals surface area contributed by atoms with E-state index in [4.69, 9.17) is 0 Å². The van der Waals surface area contributed by atoms with Crippen LogP contribution in [-0.4, -0.2) is 9.97 Å². The quantitative estimate of drug-likeness (QED) is 0.306. The fourth-order valence-electron chi connectivity index (χ4n) is 4.64. The minimum absolute atomic E-state index is 0. The highest BCUT2D eigenvalue weighted by Crippen LogP contribution is 2.25. The zero-order valence-electron chi connectivity index (χ0n) is 27.0. The molecule has 1 fully saturated rings. The van der Waals surface area contributed by atoms with Gasteiger partial charge < -0.3 is 0 Å². The largest absolute Gasteiger partial charge is 0.262 e. The second kappa shape index (κ2) is 26.7. The number of benzene rings is 1. The fourth-order valence-corrected chi connectivity index (χ4v) is 4.64. The van der Waals surface area contributed by atoms with Gasteiger partial charge in [0.05, 0.1) is 0 Å². The molecule has 4 rings (SSSR count). The lowest BCUT2D eigenvalue weighted by atomic mass is 9.88. The lowest BCUT2D eigenvalue weighted by Crippen LogP contribution is -2.03. The third-order valence-electron chi connectivity index (χ3n) is 6.84. The van der Waals surface area contributed by atoms with Crippen molar-refractivity contribution < 1.29 is 0 Å². The Morgan fingerprint density at radius 1 is 0.750 bits per heavy atom. The van der Waals surface area contributed by atoms with Crippen molar-refractivity contribution in [1.29, 1.82) is 0 Å². The third-order valence-corrected chi connectivity index (χ3v) is 6.84. The van der Waals surface area contributed by atoms with E-state index in [0.29, 0.717) is 0 Å². The summed E-state index contributed by atoms with van der Waals surface area (Å²) in [7, 11) is 0. The Balaban J connectivity index is 0. The smallest absolute Gasteiger partial charge is 0.0378 e. The molecule has 0 amide bonds. The summed E-state index contributed by atoms with van der Waals surface area (Å²) in [6.45, 7) is 19.1. The summed E-state index contributed by atoms with van der Waals surface area (Å²) in [6.07, 6.45) is 17.8. The monoisotopic (exact) mass is 549 g/mol. The molecule has 1 saturated carbocycles. The summed E-state index contributed by atoms with van der Waals surface area (Å²) >= 11 is 0. The zero-order chi connectivity index (χ0) is 29.3. The highest BCUT2D eigenvalue weighted by atomic mass is 14.7. The van der Waals surface area contributed by atoms with Gasteiger partial charge in [-0.05, 0) is 67.9 Å². The number of nitrogens with zero attached hydrogens (tertiary/aromatic N) is 2. The molecule has 1 aliphatic carbocycles. The molecule has 2 nitrogen and oxygen atoms in total. The van der Waals surface area contributed by atoms with Crippen LogP contribution in [0.2, 0.25) is 0 Å². The van der Waals surface area contributed by atoms with Gasteiger partial charge in [0.15, 0.2) is 0 Å². The first-order chi connectivity index (χ1) is 19.0. The van der Waals surface area contributed by atoms with Gasteiger partial charge in [-0.2, -0.15) is 0 Å². The lowest BCUT2D eigenvalue weighted by Gasteiger charge is -2.18. The van der Waals surface area contributed by atoms with Crippen molar-refractivity contribution in [3.8, 4) is 11.1 Å². The molecule has 1 unspecified atom stereocenters. The van der Waals surface area contributed by atoms with Crippen LogP contribution in [0.1, 0.15) is 143 Å². The van der Waals surface area contributed by atoms with E-state index in [2.05, 4.69) is 87.1 Å². The number of pyridine rings is 2. The summed E-state index contributed by atoms with van der Waals surface area (Å²) in [4.78, 5) is 8.43. The molecule has 0 N–H and O–H groups in total. The van der Waals surface area contributed by atoms with Crippen LogP contribution >= 0.6 is 0 Å². The summed E-state index contributed by atoms with van der Waals surface area (Å²) in [5.41, 5.74) is 5.88. The van der Waals surface area contributed by atoms with Crippen LogP contribution in [0.25, 0.3) is 11.1 Å². The van der Waals surface area contributed by atoms with Gasteiger partial charge in [0, 0.05) is 29.3 Å². The number of hydrogen-bond donors (Lipinski definition) is 0. The Hall–Kier alpha value is -2.48. The van der Waals surface area contributed by atoms with Crippen LogP contribution in [0.4, 0.5) is 0 Å². The molecule has 3 aromatic rings. The van der Waals surface area contributed by atoms with Crippen molar-refractivity contribution in [2.24, 2.45) is 5.92 Å². The molecular formula is C38H64N2. The molecular weight excluding hydrogens is 484 g/mol. The summed E-state index contributed by atoms with van der Waals surface area (Å²) in [5.74, 6) is 1.86. The van der Waals surface area contributed by atoms with Crippen LogP contribution in [0, 0.1) is 19.8 Å². The lowest BCUT2D eigenvalue weighted by molar-refractivity contribution is 0.349. The van der Waals surface area contributed by atoms with E-state index < -0.39 is 0 Å². The van der Waals surface area contributed by atoms with Gasteiger partial charge in [-0.3, -0.25) is 9.97 Å². The third kappa shape index (κ3) is 18.0. The van der Waals surface area contributed by atoms with Gasteiger partial charge in [-0.15, -0.1) is 0 Å². The molecule has 2 heterocycles. The maximum Gasteiger partial charge on any atom is 0.0378 e. The van der Waals surface area contributed by atoms with Gasteiger partial charge >= 0.3 is 0 Å². The average molecular weight is 549 g/mol. The Kier molecular flexibility index (Phi) is 26.5. The molecule has 40 heavy (non-hydrogen) atoms. The predicted molar refractivity (Wildman–Crippen MR) is 182 cm³/mol. The molecule has 0 aliphatic heterocycles. The number of aryl methyl sites for hydroxylation is 2. The summed E-state index contributed by atoms with van der Waals surface area (Å²) < 4.78 is 0. The van der Waals surface area contributed by atoms with Crippen molar-refractivity contribution in [3.05, 3.63) is 83.9 Å². The van der Waals surface area contributed by atoms with Gasteiger partial charge in [0.2, 0.25) is 0 Å². The second-order valence-corrected chi connectivity index (χ2v) is 10.3. The standard InChI is InChI=1S/C12H12N2.C12H18.C8H16.C3H8.C2H6.CH4/c1-9-3-4-12(8-14-9)11-5-6-13-10(2)7-11;1-3-8-11(4-2)12-9-6-5-7-10-12;1-2-8-6-4-3-5-7-8;1-3-2;1-2;/h3-8H,1-2H3;5-7,9-11H,3-4,8H2,1-2H3;8H,2-7H2,1H3;3H2,1-2H3;1-2H3;1H4. The Morgan fingerprint density at radius 3 is 1.82 bits per heavy atom. The van der Waals surface area contributed by atoms with Crippen molar-refractivity contribution in [3.63, 3.8) is 0 Å². The fraction of sp³-hybridized carbons (Fsp3) is 0.579. The highest BCUT2D eigenvalue weighted by molar-refractivity contribution is 5.62. The average Bonchev–Trinajstić information content (AvgIpc) is 2.99. The Labute approximate surface area is 250 Å². The molecule has 0 saturated heterocycles. The van der Waals surface area contributed by atoms with Crippen molar-refractivity contribution in [1.82, 2.24) is 9.97 Å². The van der Waals surface area contributed by atoms with Gasteiger partial charge in [-0.1, -0.05) is 144 Å². The molecule has 2 heteroatoms. The topological polar surface area (TPSA) is 25.8 Å². The van der Waals surface area contributed by atoms with Gasteiger partial charge in [-0.25, -0.2) is 0 Å². The maximum absolute atomic E-state index is 4.26. The zero-order valence-corrected chi connectivity index (χ0v) is 27.0. The minimum atomic E-state index is 0. The van der Waals surface area contributed by atoms with Crippen molar-refractivity contribution >= 4 is 0 Å². The number of aromatic nitrogens is 2. The van der Waals surface area contributed by atoms with Gasteiger partial charge in [0.25, 0.3) is 0 Å². The summed E-state index contributed by atoms with van der Waals surface area (Å²) in [5, 5.41) is 0. The Bertz CT molecular complexity index is 912. The molecule has 226 valence electrons. The van der Waals surface area contributed by atoms with E-state index in [1.807, 2.05) is 52.2 Å². The first-order valence-corrected chi connectivity index (χ1v) is 15.9. The normalized spacial score (nSPS) is 12.7. The van der Waals surface area contributed by atoms with E-state index in [1.165, 1.54) is 75.3 Å². The van der Waals surface area contributed by atoms with Crippen molar-refractivity contribution in [2.45, 2.75) is 140 Å². The van der Waals surface area contributed by atoms with Crippen LogP contribution in [0.5, 0.6) is 0 Å². The van der Waals surface area contributed by atoms with E-state index in [9.17, 15) is 0 Å².